The van der Waals surface area contributed by atoms with E-state index in [4.69, 9.17) is 0 Å². The van der Waals surface area contributed by atoms with Gasteiger partial charge >= 0.3 is 0 Å². The van der Waals surface area contributed by atoms with E-state index in [0.717, 1.165) is 18.2 Å². The van der Waals surface area contributed by atoms with E-state index in [2.05, 4.69) is 17.1 Å². The molecule has 0 aliphatic rings. The molecule has 0 aliphatic heterocycles. The van der Waals surface area contributed by atoms with Gasteiger partial charge in [0.25, 0.3) is 0 Å². The third-order valence-electron chi connectivity index (χ3n) is 1.92. The molecule has 0 radical (unpaired) electrons. The molecule has 0 N–H and O–H groups in total. The molecule has 2 nitrogen and oxygen atoms in total. The lowest BCUT2D eigenvalue weighted by atomic mass is 10.2. The van der Waals surface area contributed by atoms with Gasteiger partial charge in [-0.15, -0.1) is 0 Å². The molecule has 1 aromatic carbocycles. The summed E-state index contributed by atoms with van der Waals surface area (Å²) < 4.78 is 0. The van der Waals surface area contributed by atoms with E-state index in [1.165, 1.54) is 5.39 Å². The minimum Gasteiger partial charge on any atom is -0.303 e. The number of unbranched alkanes of at least 4 members (excludes halogenated alkanes) is 1. The molecular weight excluding hydrogens is 222 g/mol. The molecule has 1 heterocycles. The topological polar surface area (TPSA) is 30.0 Å². The number of nitrogens with zero attached hydrogens (tertiary/aromatic N) is 1. The van der Waals surface area contributed by atoms with Crippen LogP contribution in [0.1, 0.15) is 41.0 Å². The Balaban J connectivity index is 0. The van der Waals surface area contributed by atoms with E-state index in [1.54, 1.807) is 0 Å². The summed E-state index contributed by atoms with van der Waals surface area (Å²) in [4.78, 5) is 13.6. The zero-order valence-electron chi connectivity index (χ0n) is 10.9. The van der Waals surface area contributed by atoms with Gasteiger partial charge in [0.05, 0.1) is 5.52 Å². The molecule has 0 bridgehead atoms. The van der Waals surface area contributed by atoms with Crippen LogP contribution in [0.4, 0.5) is 0 Å². The molecule has 2 rings (SSSR count). The second-order valence-electron chi connectivity index (χ2n) is 3.15. The van der Waals surface area contributed by atoms with Crippen LogP contribution in [-0.2, 0) is 4.79 Å². The maximum absolute atomic E-state index is 9.40. The van der Waals surface area contributed by atoms with Gasteiger partial charge in [-0.3, -0.25) is 4.98 Å². The van der Waals surface area contributed by atoms with E-state index in [-0.39, 0.29) is 7.43 Å². The molecule has 0 fully saturated rings. The zero-order chi connectivity index (χ0) is 12.9. The summed E-state index contributed by atoms with van der Waals surface area (Å²) in [6, 6.07) is 12.1. The lowest BCUT2D eigenvalue weighted by Gasteiger charge is -1.91. The Morgan fingerprint density at radius 2 is 1.72 bits per heavy atom. The van der Waals surface area contributed by atoms with E-state index in [1.807, 2.05) is 51.2 Å². The highest BCUT2D eigenvalue weighted by atomic mass is 16.1. The van der Waals surface area contributed by atoms with Crippen LogP contribution in [0.2, 0.25) is 0 Å². The van der Waals surface area contributed by atoms with Gasteiger partial charge in [-0.05, 0) is 18.6 Å². The van der Waals surface area contributed by atoms with Crippen LogP contribution in [0.15, 0.2) is 42.6 Å². The van der Waals surface area contributed by atoms with Crippen molar-refractivity contribution >= 4 is 17.2 Å². The number of pyridine rings is 1. The molecule has 2 heteroatoms. The molecule has 0 aliphatic carbocycles. The fourth-order valence-electron chi connectivity index (χ4n) is 1.13. The molecule has 0 unspecified atom stereocenters. The van der Waals surface area contributed by atoms with Gasteiger partial charge in [-0.25, -0.2) is 0 Å². The Labute approximate surface area is 111 Å². The average molecular weight is 247 g/mol. The minimum atomic E-state index is 0. The van der Waals surface area contributed by atoms with E-state index >= 15 is 0 Å². The van der Waals surface area contributed by atoms with E-state index < -0.39 is 0 Å². The number of carbonyl (C=O) groups excluding carboxylic acids is 1. The summed E-state index contributed by atoms with van der Waals surface area (Å²) >= 11 is 0. The predicted octanol–water partition coefficient (Wildman–Crippen LogP) is 4.88. The summed E-state index contributed by atoms with van der Waals surface area (Å²) in [6.45, 7) is 5.98. The van der Waals surface area contributed by atoms with Gasteiger partial charge in [-0.1, -0.05) is 52.5 Å². The maximum Gasteiger partial charge on any atom is 0.119 e. The molecule has 18 heavy (non-hydrogen) atoms. The number of rotatable bonds is 2. The number of aromatic nitrogens is 1. The van der Waals surface area contributed by atoms with E-state index in [0.29, 0.717) is 6.42 Å². The lowest BCUT2D eigenvalue weighted by molar-refractivity contribution is -0.107. The Morgan fingerprint density at radius 1 is 1.11 bits per heavy atom. The van der Waals surface area contributed by atoms with Crippen molar-refractivity contribution in [3.63, 3.8) is 0 Å². The van der Waals surface area contributed by atoms with Gasteiger partial charge in [0, 0.05) is 18.0 Å². The van der Waals surface area contributed by atoms with Crippen LogP contribution in [0.3, 0.4) is 0 Å². The van der Waals surface area contributed by atoms with Crippen molar-refractivity contribution < 1.29 is 4.79 Å². The predicted molar refractivity (Wildman–Crippen MR) is 80.8 cm³/mol. The molecule has 0 atom stereocenters. The van der Waals surface area contributed by atoms with Gasteiger partial charge in [0.15, 0.2) is 0 Å². The third kappa shape index (κ3) is 7.55. The van der Waals surface area contributed by atoms with Crippen molar-refractivity contribution in [2.24, 2.45) is 0 Å². The lowest BCUT2D eigenvalue weighted by Crippen LogP contribution is -1.73. The second kappa shape index (κ2) is 13.4. The summed E-state index contributed by atoms with van der Waals surface area (Å²) in [6.07, 6.45) is 4.42. The number of hydrogen-bond donors (Lipinski definition) is 0. The molecule has 2 aromatic rings. The van der Waals surface area contributed by atoms with Crippen LogP contribution >= 0.6 is 0 Å². The molecule has 0 amide bonds. The second-order valence-corrected chi connectivity index (χ2v) is 3.15. The minimum absolute atomic E-state index is 0. The summed E-state index contributed by atoms with van der Waals surface area (Å²) in [5.74, 6) is 0. The van der Waals surface area contributed by atoms with Crippen LogP contribution in [0.25, 0.3) is 10.9 Å². The number of carbonyl (C=O) groups is 1. The quantitative estimate of drug-likeness (QED) is 0.708. The standard InChI is InChI=1S/C9H7N.C4H8O.C2H6.CH4/c1-2-6-9-8(4-1)5-3-7-10-9;1-2-3-4-5;1-2;/h1-7H;4H,2-3H2,1H3;1-2H3;1H4. The van der Waals surface area contributed by atoms with Crippen molar-refractivity contribution in [2.75, 3.05) is 0 Å². The summed E-state index contributed by atoms with van der Waals surface area (Å²) in [7, 11) is 0. The first-order chi connectivity index (χ1) is 8.38. The number of benzene rings is 1. The van der Waals surface area contributed by atoms with Crippen molar-refractivity contribution in [3.8, 4) is 0 Å². The number of aldehydes is 1. The monoisotopic (exact) mass is 247 g/mol. The van der Waals surface area contributed by atoms with Gasteiger partial charge in [-0.2, -0.15) is 0 Å². The Kier molecular flexibility index (Phi) is 13.9. The Hall–Kier alpha value is -1.70. The SMILES string of the molecule is C.CC.CCCC=O.c1ccc2ncccc2c1. The van der Waals surface area contributed by atoms with Crippen molar-refractivity contribution in [2.45, 2.75) is 41.0 Å². The first-order valence-electron chi connectivity index (χ1n) is 6.12. The normalized spacial score (nSPS) is 7.94. The summed E-state index contributed by atoms with van der Waals surface area (Å²) in [5.41, 5.74) is 1.06. The van der Waals surface area contributed by atoms with Gasteiger partial charge in [0.1, 0.15) is 6.29 Å². The highest BCUT2D eigenvalue weighted by Crippen LogP contribution is 2.07. The summed E-state index contributed by atoms with van der Waals surface area (Å²) in [5, 5.41) is 1.20. The number of fused-ring (bicyclic) bond motifs is 1. The molecule has 0 saturated carbocycles. The van der Waals surface area contributed by atoms with Crippen LogP contribution < -0.4 is 0 Å². The first-order valence-corrected chi connectivity index (χ1v) is 6.12. The molecule has 100 valence electrons. The molecular formula is C16H25NO. The van der Waals surface area contributed by atoms with Crippen LogP contribution in [0.5, 0.6) is 0 Å². The fraction of sp³-hybridized carbons (Fsp3) is 0.375. The zero-order valence-corrected chi connectivity index (χ0v) is 10.9. The molecule has 0 saturated heterocycles. The largest absolute Gasteiger partial charge is 0.303 e. The fourth-order valence-corrected chi connectivity index (χ4v) is 1.13. The van der Waals surface area contributed by atoms with Crippen molar-refractivity contribution in [1.82, 2.24) is 4.98 Å². The van der Waals surface area contributed by atoms with Gasteiger partial charge < -0.3 is 4.79 Å². The average Bonchev–Trinajstić information content (AvgIpc) is 2.43. The molecule has 1 aromatic heterocycles. The Bertz CT molecular complexity index is 347. The van der Waals surface area contributed by atoms with Gasteiger partial charge in [0.2, 0.25) is 0 Å². The highest BCUT2D eigenvalue weighted by Gasteiger charge is 1.86. The van der Waals surface area contributed by atoms with Crippen LogP contribution in [-0.4, -0.2) is 11.3 Å². The number of hydrogen-bond acceptors (Lipinski definition) is 2. The van der Waals surface area contributed by atoms with E-state index in [9.17, 15) is 4.79 Å². The van der Waals surface area contributed by atoms with Crippen molar-refractivity contribution in [3.05, 3.63) is 42.6 Å². The molecule has 0 spiro atoms. The number of para-hydroxylation sites is 1. The first kappa shape index (κ1) is 18.7. The van der Waals surface area contributed by atoms with Crippen molar-refractivity contribution in [1.29, 1.82) is 0 Å². The third-order valence-corrected chi connectivity index (χ3v) is 1.92. The van der Waals surface area contributed by atoms with Crippen LogP contribution in [0, 0.1) is 0 Å². The highest BCUT2D eigenvalue weighted by molar-refractivity contribution is 5.77. The Morgan fingerprint density at radius 3 is 2.22 bits per heavy atom. The maximum atomic E-state index is 9.40. The smallest absolute Gasteiger partial charge is 0.119 e.